The fourth-order valence-corrected chi connectivity index (χ4v) is 2.37. The maximum atomic E-state index is 12.3. The van der Waals surface area contributed by atoms with Gasteiger partial charge in [-0.25, -0.2) is 4.79 Å². The number of carbonyl (C=O) groups is 1. The van der Waals surface area contributed by atoms with Gasteiger partial charge >= 0.3 is 6.03 Å². The van der Waals surface area contributed by atoms with E-state index >= 15 is 0 Å². The average Bonchev–Trinajstić information content (AvgIpc) is 2.54. The Morgan fingerprint density at radius 2 is 2.00 bits per heavy atom. The van der Waals surface area contributed by atoms with Crippen molar-refractivity contribution in [3.8, 4) is 6.07 Å². The quantitative estimate of drug-likeness (QED) is 0.911. The summed E-state index contributed by atoms with van der Waals surface area (Å²) in [7, 11) is 1.71. The lowest BCUT2D eigenvalue weighted by Gasteiger charge is -2.26. The lowest BCUT2D eigenvalue weighted by molar-refractivity contribution is 0.208. The molecular formula is C17H16ClN3O. The highest BCUT2D eigenvalue weighted by atomic mass is 35.5. The Hall–Kier alpha value is -2.51. The first-order chi connectivity index (χ1) is 10.5. The molecule has 2 rings (SSSR count). The van der Waals surface area contributed by atoms with Crippen molar-refractivity contribution in [2.75, 3.05) is 12.4 Å². The summed E-state index contributed by atoms with van der Waals surface area (Å²) in [4.78, 5) is 13.9. The molecule has 0 aromatic heterocycles. The van der Waals surface area contributed by atoms with Gasteiger partial charge in [-0.3, -0.25) is 0 Å². The third kappa shape index (κ3) is 3.57. The topological polar surface area (TPSA) is 56.1 Å². The van der Waals surface area contributed by atoms with Gasteiger partial charge < -0.3 is 10.2 Å². The smallest absolute Gasteiger partial charge is 0.321 e. The number of nitrogens with one attached hydrogen (secondary N) is 1. The summed E-state index contributed by atoms with van der Waals surface area (Å²) in [5, 5.41) is 12.3. The van der Waals surface area contributed by atoms with Gasteiger partial charge in [0.1, 0.15) is 0 Å². The van der Waals surface area contributed by atoms with E-state index in [1.807, 2.05) is 31.2 Å². The number of hydrogen-bond acceptors (Lipinski definition) is 2. The van der Waals surface area contributed by atoms with Gasteiger partial charge in [-0.1, -0.05) is 35.9 Å². The van der Waals surface area contributed by atoms with Gasteiger partial charge in [0, 0.05) is 17.8 Å². The molecule has 0 aliphatic rings. The summed E-state index contributed by atoms with van der Waals surface area (Å²) < 4.78 is 0. The number of urea groups is 1. The normalized spacial score (nSPS) is 11.4. The van der Waals surface area contributed by atoms with Crippen molar-refractivity contribution >= 4 is 23.3 Å². The Morgan fingerprint density at radius 1 is 1.27 bits per heavy atom. The Morgan fingerprint density at radius 3 is 2.68 bits per heavy atom. The molecule has 2 amide bonds. The Labute approximate surface area is 134 Å². The van der Waals surface area contributed by atoms with E-state index < -0.39 is 0 Å². The number of carbonyl (C=O) groups excluding carboxylic acids is 1. The molecule has 2 aromatic rings. The largest absolute Gasteiger partial charge is 0.322 e. The molecule has 0 radical (unpaired) electrons. The van der Waals surface area contributed by atoms with E-state index in [9.17, 15) is 4.79 Å². The van der Waals surface area contributed by atoms with E-state index in [0.29, 0.717) is 16.3 Å². The molecule has 112 valence electrons. The summed E-state index contributed by atoms with van der Waals surface area (Å²) in [5.74, 6) is 0. The summed E-state index contributed by atoms with van der Waals surface area (Å²) >= 11 is 6.17. The van der Waals surface area contributed by atoms with E-state index in [-0.39, 0.29) is 12.1 Å². The minimum atomic E-state index is -0.262. The monoisotopic (exact) mass is 313 g/mol. The Bertz CT molecular complexity index is 724. The van der Waals surface area contributed by atoms with Crippen molar-refractivity contribution in [1.29, 1.82) is 5.26 Å². The highest BCUT2D eigenvalue weighted by Gasteiger charge is 2.19. The number of anilines is 1. The lowest BCUT2D eigenvalue weighted by Crippen LogP contribution is -2.33. The number of hydrogen-bond donors (Lipinski definition) is 1. The number of rotatable bonds is 3. The number of halogens is 1. The molecule has 1 unspecified atom stereocenters. The molecule has 4 nitrogen and oxygen atoms in total. The lowest BCUT2D eigenvalue weighted by atomic mass is 10.1. The third-order valence-electron chi connectivity index (χ3n) is 3.50. The van der Waals surface area contributed by atoms with Crippen LogP contribution in [0, 0.1) is 11.3 Å². The van der Waals surface area contributed by atoms with Gasteiger partial charge in [0.15, 0.2) is 0 Å². The molecule has 0 bridgehead atoms. The fourth-order valence-electron chi connectivity index (χ4n) is 2.08. The van der Waals surface area contributed by atoms with Crippen LogP contribution in [0.3, 0.4) is 0 Å². The zero-order chi connectivity index (χ0) is 16.1. The molecule has 0 saturated heterocycles. The maximum Gasteiger partial charge on any atom is 0.322 e. The molecule has 1 atom stereocenters. The van der Waals surface area contributed by atoms with E-state index in [1.165, 1.54) is 0 Å². The molecule has 0 heterocycles. The van der Waals surface area contributed by atoms with Crippen molar-refractivity contribution in [3.63, 3.8) is 0 Å². The van der Waals surface area contributed by atoms with Crippen LogP contribution in [0.5, 0.6) is 0 Å². The van der Waals surface area contributed by atoms with Gasteiger partial charge in [-0.2, -0.15) is 5.26 Å². The van der Waals surface area contributed by atoms with Crippen LogP contribution in [-0.2, 0) is 0 Å². The first-order valence-electron chi connectivity index (χ1n) is 6.81. The van der Waals surface area contributed by atoms with Crippen LogP contribution in [-0.4, -0.2) is 18.0 Å². The second kappa shape index (κ2) is 6.97. The van der Waals surface area contributed by atoms with Crippen LogP contribution < -0.4 is 5.32 Å². The third-order valence-corrected chi connectivity index (χ3v) is 3.84. The summed E-state index contributed by atoms with van der Waals surface area (Å²) in [6.45, 7) is 1.91. The van der Waals surface area contributed by atoms with Gasteiger partial charge in [0.25, 0.3) is 0 Å². The molecule has 2 aromatic carbocycles. The summed E-state index contributed by atoms with van der Waals surface area (Å²) in [6, 6.07) is 15.8. The predicted octanol–water partition coefficient (Wildman–Crippen LogP) is 4.44. The molecule has 5 heteroatoms. The van der Waals surface area contributed by atoms with Gasteiger partial charge in [-0.05, 0) is 36.8 Å². The number of amides is 2. The second-order valence-electron chi connectivity index (χ2n) is 4.93. The van der Waals surface area contributed by atoms with Crippen LogP contribution in [0.25, 0.3) is 0 Å². The molecule has 1 N–H and O–H groups in total. The van der Waals surface area contributed by atoms with E-state index in [0.717, 1.165) is 5.56 Å². The average molecular weight is 314 g/mol. The first kappa shape index (κ1) is 15.9. The van der Waals surface area contributed by atoms with Crippen molar-refractivity contribution in [3.05, 3.63) is 64.7 Å². The molecule has 0 fully saturated rings. The van der Waals surface area contributed by atoms with Gasteiger partial charge in [0.2, 0.25) is 0 Å². The van der Waals surface area contributed by atoms with Crippen LogP contribution in [0.4, 0.5) is 10.5 Å². The fraction of sp³-hybridized carbons (Fsp3) is 0.176. The highest BCUT2D eigenvalue weighted by Crippen LogP contribution is 2.26. The minimum Gasteiger partial charge on any atom is -0.321 e. The van der Waals surface area contributed by atoms with Crippen LogP contribution in [0.15, 0.2) is 48.5 Å². The van der Waals surface area contributed by atoms with Crippen LogP contribution in [0.2, 0.25) is 5.02 Å². The Kier molecular flexibility index (Phi) is 5.03. The highest BCUT2D eigenvalue weighted by molar-refractivity contribution is 6.31. The standard InChI is InChI=1S/C17H16ClN3O/c1-12(15-8-3-4-9-16(15)18)21(2)17(22)20-14-7-5-6-13(10-14)11-19/h3-10,12H,1-2H3,(H,20,22). The zero-order valence-electron chi connectivity index (χ0n) is 12.4. The second-order valence-corrected chi connectivity index (χ2v) is 5.34. The van der Waals surface area contributed by atoms with Crippen molar-refractivity contribution in [2.45, 2.75) is 13.0 Å². The predicted molar refractivity (Wildman–Crippen MR) is 87.8 cm³/mol. The minimum absolute atomic E-state index is 0.173. The van der Waals surface area contributed by atoms with Gasteiger partial charge in [-0.15, -0.1) is 0 Å². The number of nitriles is 1. The molecule has 22 heavy (non-hydrogen) atoms. The van der Waals surface area contributed by atoms with Crippen molar-refractivity contribution in [1.82, 2.24) is 4.90 Å². The summed E-state index contributed by atoms with van der Waals surface area (Å²) in [5.41, 5.74) is 1.97. The first-order valence-corrected chi connectivity index (χ1v) is 7.19. The van der Waals surface area contributed by atoms with Gasteiger partial charge in [0.05, 0.1) is 17.7 Å². The number of benzene rings is 2. The van der Waals surface area contributed by atoms with Crippen LogP contribution >= 0.6 is 11.6 Å². The zero-order valence-corrected chi connectivity index (χ0v) is 13.1. The molecule has 0 aliphatic carbocycles. The SMILES string of the molecule is CC(c1ccccc1Cl)N(C)C(=O)Nc1cccc(C#N)c1. The van der Waals surface area contributed by atoms with Crippen molar-refractivity contribution < 1.29 is 4.79 Å². The number of nitrogens with zero attached hydrogens (tertiary/aromatic N) is 2. The van der Waals surface area contributed by atoms with Crippen molar-refractivity contribution in [2.24, 2.45) is 0 Å². The maximum absolute atomic E-state index is 12.3. The molecular weight excluding hydrogens is 298 g/mol. The van der Waals surface area contributed by atoms with E-state index in [2.05, 4.69) is 5.32 Å². The Balaban J connectivity index is 2.12. The molecule has 0 saturated carbocycles. The summed E-state index contributed by atoms with van der Waals surface area (Å²) in [6.07, 6.45) is 0. The van der Waals surface area contributed by atoms with Crippen LogP contribution in [0.1, 0.15) is 24.1 Å². The molecule has 0 spiro atoms. The van der Waals surface area contributed by atoms with E-state index in [1.54, 1.807) is 42.3 Å². The van der Waals surface area contributed by atoms with E-state index in [4.69, 9.17) is 16.9 Å². The molecule has 0 aliphatic heterocycles.